The Morgan fingerprint density at radius 2 is 0.433 bits per heavy atom. The third-order valence-corrected chi connectivity index (χ3v) is 8.16. The summed E-state index contributed by atoms with van der Waals surface area (Å²) < 4.78 is 4.94. The Bertz CT molecular complexity index is 2140. The molecule has 0 saturated carbocycles. The first-order valence-corrected chi connectivity index (χ1v) is 20.8. The van der Waals surface area contributed by atoms with Gasteiger partial charge in [-0.25, -0.2) is 0 Å². The van der Waals surface area contributed by atoms with Crippen LogP contribution in [-0.2, 0) is 43.7 Å². The fourth-order valence-corrected chi connectivity index (χ4v) is 4.97. The monoisotopic (exact) mass is 1060 g/mol. The van der Waals surface area contributed by atoms with E-state index < -0.39 is 0 Å². The van der Waals surface area contributed by atoms with Gasteiger partial charge in [0.05, 0.1) is 0 Å². The molecule has 0 amide bonds. The number of nitrogens with zero attached hydrogens (tertiary/aromatic N) is 12. The van der Waals surface area contributed by atoms with Gasteiger partial charge in [0.25, 0.3) is 0 Å². The van der Waals surface area contributed by atoms with E-state index in [0.29, 0.717) is 0 Å². The minimum absolute atomic E-state index is 0. The second-order valence-corrected chi connectivity index (χ2v) is 13.2. The smallest absolute Gasteiger partial charge is 0.381 e. The molecule has 8 aromatic rings. The maximum absolute atomic E-state index is 4.94. The van der Waals surface area contributed by atoms with Gasteiger partial charge in [-0.3, -0.25) is 20.9 Å². The van der Waals surface area contributed by atoms with Crippen LogP contribution in [0.15, 0.2) is 284 Å². The van der Waals surface area contributed by atoms with Gasteiger partial charge in [-0.1, -0.05) is 243 Å². The minimum Gasteiger partial charge on any atom is -0.381 e. The van der Waals surface area contributed by atoms with Gasteiger partial charge >= 0.3 is 39.0 Å². The first-order valence-electron chi connectivity index (χ1n) is 20.8. The van der Waals surface area contributed by atoms with E-state index in [2.05, 4.69) is 63.1 Å². The molecule has 0 unspecified atom stereocenters. The van der Waals surface area contributed by atoms with Crippen molar-refractivity contribution in [2.75, 3.05) is 13.2 Å². The van der Waals surface area contributed by atoms with E-state index >= 15 is 0 Å². The van der Waals surface area contributed by atoms with Crippen LogP contribution < -0.4 is 0 Å². The van der Waals surface area contributed by atoms with Gasteiger partial charge < -0.3 is 46.9 Å². The van der Waals surface area contributed by atoms with Gasteiger partial charge in [-0.2, -0.15) is 0 Å². The Hall–Kier alpha value is -7.43. The van der Waals surface area contributed by atoms with Gasteiger partial charge in [0.1, 0.15) is 0 Å². The summed E-state index contributed by atoms with van der Waals surface area (Å²) in [5, 5.41) is 30.9. The maximum Gasteiger partial charge on any atom is 2.00 e. The number of hydrogen-bond donors (Lipinski definition) is 0. The number of rotatable bonds is 12. The average Bonchev–Trinajstić information content (AvgIpc) is 3.99. The van der Waals surface area contributed by atoms with Crippen LogP contribution in [0.5, 0.6) is 0 Å². The second kappa shape index (κ2) is 35.9. The molecule has 1 heterocycles. The Morgan fingerprint density at radius 1 is 0.254 bits per heavy atom. The van der Waals surface area contributed by atoms with Crippen LogP contribution in [0, 0.1) is 0 Å². The first-order chi connectivity index (χ1) is 32.3. The molecule has 1 aliphatic rings. The predicted molar refractivity (Wildman–Crippen MR) is 262 cm³/mol. The Morgan fingerprint density at radius 3 is 0.597 bits per heavy atom. The zero-order valence-electron chi connectivity index (χ0n) is 36.4. The molecular weight excluding hydrogens is 1010 g/mol. The van der Waals surface area contributed by atoms with Crippen LogP contribution in [0.4, 0.5) is 45.5 Å². The maximum atomic E-state index is 4.94. The molecule has 0 aliphatic carbocycles. The van der Waals surface area contributed by atoms with E-state index in [1.165, 1.54) is 12.8 Å². The third kappa shape index (κ3) is 25.6. The Balaban J connectivity index is 0.000000226. The summed E-state index contributed by atoms with van der Waals surface area (Å²) in [5.74, 6) is 0. The van der Waals surface area contributed by atoms with Crippen molar-refractivity contribution in [1.29, 1.82) is 0 Å². The normalized spacial score (nSPS) is 11.1. The van der Waals surface area contributed by atoms with Crippen molar-refractivity contribution < 1.29 is 43.7 Å². The van der Waals surface area contributed by atoms with Crippen molar-refractivity contribution in [3.8, 4) is 0 Å². The zero-order chi connectivity index (χ0) is 44.9. The van der Waals surface area contributed by atoms with Crippen LogP contribution in [0.3, 0.4) is 0 Å². The quantitative estimate of drug-likeness (QED) is 0.0664. The summed E-state index contributed by atoms with van der Waals surface area (Å²) >= 11 is 0. The SMILES string of the molecule is C1CCOC1.[Ru+2].[Ru+2].c1ccc(N=N[N-]c2ccccc2)cc1.c1ccc(N=N[N-]c2ccccc2)cc1.c1ccc(N=N[N-]c2ccccc2)cc1.c1ccc(N=N[N-]c2ccccc2)cc1. The predicted octanol–water partition coefficient (Wildman–Crippen LogP) is 18.4. The topological polar surface area (TPSA) is 165 Å². The van der Waals surface area contributed by atoms with Crippen LogP contribution in [0.25, 0.3) is 21.7 Å². The van der Waals surface area contributed by atoms with E-state index in [4.69, 9.17) is 4.74 Å². The summed E-state index contributed by atoms with van der Waals surface area (Å²) in [6, 6.07) is 76.2. The van der Waals surface area contributed by atoms with Crippen molar-refractivity contribution >= 4 is 45.5 Å². The van der Waals surface area contributed by atoms with Crippen molar-refractivity contribution in [3.05, 3.63) is 264 Å². The van der Waals surface area contributed by atoms with E-state index in [0.717, 1.165) is 58.7 Å². The molecule has 13 nitrogen and oxygen atoms in total. The van der Waals surface area contributed by atoms with Crippen molar-refractivity contribution in [2.24, 2.45) is 41.4 Å². The van der Waals surface area contributed by atoms with Crippen molar-refractivity contribution in [3.63, 3.8) is 0 Å². The van der Waals surface area contributed by atoms with Crippen LogP contribution in [0.1, 0.15) is 12.8 Å². The molecule has 0 bridgehead atoms. The zero-order valence-corrected chi connectivity index (χ0v) is 39.9. The van der Waals surface area contributed by atoms with E-state index in [1.54, 1.807) is 0 Å². The molecule has 1 fully saturated rings. The van der Waals surface area contributed by atoms with E-state index in [1.807, 2.05) is 243 Å². The molecular formula is C52H48N12ORu2. The molecule has 1 aliphatic heterocycles. The van der Waals surface area contributed by atoms with Gasteiger partial charge in [-0.05, 0) is 58.3 Å². The number of hydrogen-bond acceptors (Lipinski definition) is 9. The van der Waals surface area contributed by atoms with Gasteiger partial charge in [0, 0.05) is 13.2 Å². The molecule has 338 valence electrons. The molecule has 0 spiro atoms. The summed E-state index contributed by atoms with van der Waals surface area (Å²) in [7, 11) is 0. The van der Waals surface area contributed by atoms with Gasteiger partial charge in [-0.15, -0.1) is 0 Å². The third-order valence-electron chi connectivity index (χ3n) is 8.16. The molecule has 9 rings (SSSR count). The molecule has 1 saturated heterocycles. The molecule has 0 aromatic heterocycles. The van der Waals surface area contributed by atoms with E-state index in [-0.39, 0.29) is 39.0 Å². The fourth-order valence-electron chi connectivity index (χ4n) is 4.97. The first kappa shape index (κ1) is 53.9. The standard InChI is InChI=1S/4C12H10N3.C4H8O.2Ru/c4*1-3-7-11(8-4-1)13-15-14-12-9-5-2-6-10-12;1-2-4-5-3-1;;/h4*1-10H;1-4H2;;/q4*-1;;2*+2. The van der Waals surface area contributed by atoms with E-state index in [9.17, 15) is 0 Å². The summed E-state index contributed by atoms with van der Waals surface area (Å²) in [6.07, 6.45) is 2.56. The van der Waals surface area contributed by atoms with Crippen LogP contribution in [-0.4, -0.2) is 13.2 Å². The number of ether oxygens (including phenoxy) is 1. The average molecular weight is 1060 g/mol. The molecule has 0 atom stereocenters. The number of benzene rings is 8. The second-order valence-electron chi connectivity index (χ2n) is 13.2. The minimum atomic E-state index is 0. The summed E-state index contributed by atoms with van der Waals surface area (Å²) in [4.78, 5) is 0. The van der Waals surface area contributed by atoms with Crippen molar-refractivity contribution in [1.82, 2.24) is 0 Å². The molecule has 15 heteroatoms. The van der Waals surface area contributed by atoms with Crippen LogP contribution in [0.2, 0.25) is 0 Å². The molecule has 67 heavy (non-hydrogen) atoms. The molecule has 8 aromatic carbocycles. The van der Waals surface area contributed by atoms with Gasteiger partial charge in [0.15, 0.2) is 0 Å². The fraction of sp³-hybridized carbons (Fsp3) is 0.0769. The Kier molecular flexibility index (Phi) is 28.9. The molecule has 0 radical (unpaired) electrons. The molecule has 0 N–H and O–H groups in total. The van der Waals surface area contributed by atoms with Crippen LogP contribution >= 0.6 is 0 Å². The summed E-state index contributed by atoms with van der Waals surface area (Å²) in [6.45, 7) is 2.00. The van der Waals surface area contributed by atoms with Crippen molar-refractivity contribution in [2.45, 2.75) is 12.8 Å². The Labute approximate surface area is 418 Å². The van der Waals surface area contributed by atoms with Gasteiger partial charge in [0.2, 0.25) is 0 Å². The largest absolute Gasteiger partial charge is 2.00 e. The summed E-state index contributed by atoms with van der Waals surface area (Å²) in [5.41, 5.74) is 22.3.